The highest BCUT2D eigenvalue weighted by Gasteiger charge is 2.02. The van der Waals surface area contributed by atoms with E-state index in [1.54, 1.807) is 12.3 Å². The van der Waals surface area contributed by atoms with Crippen LogP contribution in [0, 0.1) is 0 Å². The van der Waals surface area contributed by atoms with E-state index in [9.17, 15) is 0 Å². The van der Waals surface area contributed by atoms with Gasteiger partial charge in [0.05, 0.1) is 10.7 Å². The van der Waals surface area contributed by atoms with Crippen LogP contribution < -0.4 is 11.1 Å². The van der Waals surface area contributed by atoms with E-state index in [4.69, 9.17) is 29.6 Å². The summed E-state index contributed by atoms with van der Waals surface area (Å²) in [7, 11) is 0. The van der Waals surface area contributed by atoms with E-state index >= 15 is 0 Å². The molecule has 0 bridgehead atoms. The third-order valence-corrected chi connectivity index (χ3v) is 3.64. The van der Waals surface area contributed by atoms with Gasteiger partial charge in [0.25, 0.3) is 0 Å². The number of hydrogen-bond donors (Lipinski definition) is 2. The molecule has 92 valence electrons. The molecule has 0 aliphatic carbocycles. The summed E-state index contributed by atoms with van der Waals surface area (Å²) in [5.74, 6) is 0. The Labute approximate surface area is 123 Å². The first kappa shape index (κ1) is 13.3. The Hall–Kier alpha value is -1.17. The Bertz CT molecular complexity index is 604. The SMILES string of the molecule is NC(=S)c1cc(Nc2ccc(Cl)c(Br)c2)ccn1. The van der Waals surface area contributed by atoms with Gasteiger partial charge >= 0.3 is 0 Å². The minimum atomic E-state index is 0.274. The van der Waals surface area contributed by atoms with Crippen molar-refractivity contribution in [3.8, 4) is 0 Å². The van der Waals surface area contributed by atoms with Gasteiger partial charge < -0.3 is 11.1 Å². The van der Waals surface area contributed by atoms with Crippen LogP contribution in [0.1, 0.15) is 5.69 Å². The van der Waals surface area contributed by atoms with Crippen molar-refractivity contribution in [1.82, 2.24) is 4.98 Å². The molecule has 0 unspecified atom stereocenters. The lowest BCUT2D eigenvalue weighted by atomic mass is 10.2. The van der Waals surface area contributed by atoms with Crippen molar-refractivity contribution >= 4 is 56.1 Å². The van der Waals surface area contributed by atoms with Crippen molar-refractivity contribution < 1.29 is 0 Å². The van der Waals surface area contributed by atoms with Gasteiger partial charge in [0.1, 0.15) is 4.99 Å². The van der Waals surface area contributed by atoms with Gasteiger partial charge in [-0.25, -0.2) is 0 Å². The van der Waals surface area contributed by atoms with Crippen molar-refractivity contribution in [2.45, 2.75) is 0 Å². The Morgan fingerprint density at radius 3 is 2.67 bits per heavy atom. The maximum absolute atomic E-state index is 5.93. The molecule has 1 aromatic heterocycles. The number of nitrogens with zero attached hydrogens (tertiary/aromatic N) is 1. The number of nitrogens with one attached hydrogen (secondary N) is 1. The number of aromatic nitrogens is 1. The van der Waals surface area contributed by atoms with E-state index in [2.05, 4.69) is 26.2 Å². The number of thiocarbonyl (C=S) groups is 1. The van der Waals surface area contributed by atoms with E-state index in [1.807, 2.05) is 24.3 Å². The molecular weight excluding hydrogens is 334 g/mol. The van der Waals surface area contributed by atoms with Crippen LogP contribution in [-0.4, -0.2) is 9.97 Å². The molecule has 2 rings (SSSR count). The zero-order valence-electron chi connectivity index (χ0n) is 9.15. The summed E-state index contributed by atoms with van der Waals surface area (Å²) in [6.45, 7) is 0. The highest BCUT2D eigenvalue weighted by Crippen LogP contribution is 2.27. The second kappa shape index (κ2) is 5.65. The van der Waals surface area contributed by atoms with Crippen LogP contribution in [0.3, 0.4) is 0 Å². The monoisotopic (exact) mass is 341 g/mol. The summed E-state index contributed by atoms with van der Waals surface area (Å²) >= 11 is 14.2. The van der Waals surface area contributed by atoms with Gasteiger partial charge in [-0.3, -0.25) is 4.98 Å². The van der Waals surface area contributed by atoms with Crippen LogP contribution >= 0.6 is 39.7 Å². The van der Waals surface area contributed by atoms with Crippen molar-refractivity contribution in [3.05, 3.63) is 51.7 Å². The summed E-state index contributed by atoms with van der Waals surface area (Å²) in [5, 5.41) is 3.89. The molecule has 0 fully saturated rings. The average Bonchev–Trinajstić information content (AvgIpc) is 2.34. The molecule has 2 aromatic rings. The number of pyridine rings is 1. The van der Waals surface area contributed by atoms with Crippen LogP contribution in [0.2, 0.25) is 5.02 Å². The lowest BCUT2D eigenvalue weighted by Crippen LogP contribution is -2.11. The Morgan fingerprint density at radius 1 is 1.28 bits per heavy atom. The zero-order chi connectivity index (χ0) is 13.1. The summed E-state index contributed by atoms with van der Waals surface area (Å²) in [6, 6.07) is 9.22. The summed E-state index contributed by atoms with van der Waals surface area (Å²) in [4.78, 5) is 4.35. The van der Waals surface area contributed by atoms with Crippen LogP contribution in [0.5, 0.6) is 0 Å². The van der Waals surface area contributed by atoms with Gasteiger partial charge in [0.15, 0.2) is 0 Å². The van der Waals surface area contributed by atoms with Gasteiger partial charge in [-0.05, 0) is 46.3 Å². The molecule has 6 heteroatoms. The largest absolute Gasteiger partial charge is 0.388 e. The third-order valence-electron chi connectivity index (χ3n) is 2.22. The van der Waals surface area contributed by atoms with Gasteiger partial charge in [0, 0.05) is 22.0 Å². The molecule has 18 heavy (non-hydrogen) atoms. The number of hydrogen-bond acceptors (Lipinski definition) is 3. The highest BCUT2D eigenvalue weighted by atomic mass is 79.9. The van der Waals surface area contributed by atoms with Crippen LogP contribution in [0.25, 0.3) is 0 Å². The molecule has 0 saturated carbocycles. The molecular formula is C12H9BrClN3S. The molecule has 0 aliphatic rings. The molecule has 3 nitrogen and oxygen atoms in total. The van der Waals surface area contributed by atoms with Crippen molar-refractivity contribution in [2.24, 2.45) is 5.73 Å². The fourth-order valence-electron chi connectivity index (χ4n) is 1.38. The van der Waals surface area contributed by atoms with Crippen molar-refractivity contribution in [3.63, 3.8) is 0 Å². The van der Waals surface area contributed by atoms with E-state index < -0.39 is 0 Å². The first-order valence-electron chi connectivity index (χ1n) is 5.04. The van der Waals surface area contributed by atoms with E-state index in [-0.39, 0.29) is 4.99 Å². The molecule has 0 atom stereocenters. The summed E-state index contributed by atoms with van der Waals surface area (Å²) < 4.78 is 0.831. The highest BCUT2D eigenvalue weighted by molar-refractivity contribution is 9.10. The van der Waals surface area contributed by atoms with Crippen LogP contribution in [0.4, 0.5) is 11.4 Å². The first-order valence-corrected chi connectivity index (χ1v) is 6.62. The number of rotatable bonds is 3. The van der Waals surface area contributed by atoms with Gasteiger partial charge in [-0.2, -0.15) is 0 Å². The Kier molecular flexibility index (Phi) is 4.16. The van der Waals surface area contributed by atoms with Gasteiger partial charge in [-0.15, -0.1) is 0 Å². The normalized spacial score (nSPS) is 10.1. The lowest BCUT2D eigenvalue weighted by Gasteiger charge is -2.08. The number of anilines is 2. The van der Waals surface area contributed by atoms with Crippen molar-refractivity contribution in [1.29, 1.82) is 0 Å². The maximum Gasteiger partial charge on any atom is 0.122 e. The number of benzene rings is 1. The standard InChI is InChI=1S/C12H9BrClN3S/c13-9-5-7(1-2-10(9)14)17-8-3-4-16-11(6-8)12(15)18/h1-6H,(H2,15,18)(H,16,17). The van der Waals surface area contributed by atoms with E-state index in [0.29, 0.717) is 10.7 Å². The van der Waals surface area contributed by atoms with Crippen molar-refractivity contribution in [2.75, 3.05) is 5.32 Å². The second-order valence-corrected chi connectivity index (χ2v) is 5.25. The van der Waals surface area contributed by atoms with E-state index in [1.165, 1.54) is 0 Å². The smallest absolute Gasteiger partial charge is 0.122 e. The first-order chi connectivity index (χ1) is 8.56. The maximum atomic E-state index is 5.93. The average molecular weight is 343 g/mol. The van der Waals surface area contributed by atoms with Gasteiger partial charge in [-0.1, -0.05) is 23.8 Å². The predicted octanol–water partition coefficient (Wildman–Crippen LogP) is 3.88. The molecule has 0 saturated heterocycles. The van der Waals surface area contributed by atoms with Crippen LogP contribution in [-0.2, 0) is 0 Å². The summed E-state index contributed by atoms with van der Waals surface area (Å²) in [6.07, 6.45) is 1.65. The topological polar surface area (TPSA) is 50.9 Å². The fourth-order valence-corrected chi connectivity index (χ4v) is 1.99. The zero-order valence-corrected chi connectivity index (χ0v) is 12.3. The minimum absolute atomic E-state index is 0.274. The Morgan fingerprint density at radius 2 is 2.00 bits per heavy atom. The predicted molar refractivity (Wildman–Crippen MR) is 82.6 cm³/mol. The number of nitrogens with two attached hydrogens (primary N) is 1. The van der Waals surface area contributed by atoms with Gasteiger partial charge in [0.2, 0.25) is 0 Å². The summed E-state index contributed by atoms with van der Waals surface area (Å²) in [5.41, 5.74) is 7.89. The number of halogens is 2. The molecule has 0 radical (unpaired) electrons. The third kappa shape index (κ3) is 3.19. The van der Waals surface area contributed by atoms with Crippen LogP contribution in [0.15, 0.2) is 41.0 Å². The molecule has 3 N–H and O–H groups in total. The molecule has 0 aliphatic heterocycles. The van der Waals surface area contributed by atoms with E-state index in [0.717, 1.165) is 15.8 Å². The fraction of sp³-hybridized carbons (Fsp3) is 0. The molecule has 0 amide bonds. The minimum Gasteiger partial charge on any atom is -0.388 e. The molecule has 1 heterocycles. The lowest BCUT2D eigenvalue weighted by molar-refractivity contribution is 1.29. The quantitative estimate of drug-likeness (QED) is 0.831. The second-order valence-electron chi connectivity index (χ2n) is 3.55. The molecule has 0 spiro atoms. The molecule has 1 aromatic carbocycles. The Balaban J connectivity index is 2.25.